The van der Waals surface area contributed by atoms with Crippen molar-refractivity contribution in [2.45, 2.75) is 0 Å². The average Bonchev–Trinajstić information content (AvgIpc) is 3.21. The van der Waals surface area contributed by atoms with Crippen LogP contribution in [0.3, 0.4) is 0 Å². The molecule has 0 aliphatic carbocycles. The van der Waals surface area contributed by atoms with Crippen LogP contribution in [-0.4, -0.2) is 9.97 Å². The van der Waals surface area contributed by atoms with E-state index in [1.165, 1.54) is 44.3 Å². The number of pyridine rings is 2. The first kappa shape index (κ1) is 29.5. The molecule has 7 aromatic carbocycles. The molecule has 9 rings (SSSR count). The summed E-state index contributed by atoms with van der Waals surface area (Å²) in [6.45, 7) is 0. The van der Waals surface area contributed by atoms with Gasteiger partial charge in [-0.1, -0.05) is 158 Å². The highest BCUT2D eigenvalue weighted by atomic mass is 14.7. The fourth-order valence-electron chi connectivity index (χ4n) is 7.00. The molecule has 234 valence electrons. The molecular formula is C48H32N2. The Balaban J connectivity index is 1.24. The second-order valence-corrected chi connectivity index (χ2v) is 12.6. The molecule has 2 nitrogen and oxygen atoms in total. The van der Waals surface area contributed by atoms with Crippen molar-refractivity contribution < 1.29 is 0 Å². The first-order valence-electron chi connectivity index (χ1n) is 17.0. The zero-order valence-electron chi connectivity index (χ0n) is 27.4. The summed E-state index contributed by atoms with van der Waals surface area (Å²) in [5, 5.41) is 3.46. The van der Waals surface area contributed by atoms with Gasteiger partial charge in [-0.25, -0.2) is 4.98 Å². The van der Waals surface area contributed by atoms with Crippen LogP contribution >= 0.6 is 0 Å². The van der Waals surface area contributed by atoms with Crippen molar-refractivity contribution >= 4 is 21.7 Å². The highest BCUT2D eigenvalue weighted by Crippen LogP contribution is 2.41. The van der Waals surface area contributed by atoms with Gasteiger partial charge in [-0.15, -0.1) is 0 Å². The summed E-state index contributed by atoms with van der Waals surface area (Å²) in [4.78, 5) is 9.60. The van der Waals surface area contributed by atoms with E-state index >= 15 is 0 Å². The van der Waals surface area contributed by atoms with Gasteiger partial charge >= 0.3 is 0 Å². The van der Waals surface area contributed by atoms with Gasteiger partial charge in [-0.2, -0.15) is 0 Å². The Kier molecular flexibility index (Phi) is 7.53. The first-order valence-corrected chi connectivity index (χ1v) is 17.0. The Hall–Kier alpha value is -6.64. The number of aromatic nitrogens is 2. The minimum Gasteiger partial charge on any atom is -0.265 e. The van der Waals surface area contributed by atoms with E-state index in [2.05, 4.69) is 175 Å². The van der Waals surface area contributed by atoms with Crippen LogP contribution in [-0.2, 0) is 0 Å². The maximum Gasteiger partial charge on any atom is 0.0794 e. The van der Waals surface area contributed by atoms with Crippen LogP contribution < -0.4 is 0 Å². The Labute approximate surface area is 292 Å². The molecule has 0 radical (unpaired) electrons. The summed E-state index contributed by atoms with van der Waals surface area (Å²) >= 11 is 0. The lowest BCUT2D eigenvalue weighted by Gasteiger charge is -2.16. The monoisotopic (exact) mass is 636 g/mol. The zero-order chi connectivity index (χ0) is 33.3. The molecule has 2 aromatic heterocycles. The number of rotatable bonds is 6. The topological polar surface area (TPSA) is 25.8 Å². The molecule has 2 heterocycles. The third-order valence-corrected chi connectivity index (χ3v) is 9.62. The van der Waals surface area contributed by atoms with Gasteiger partial charge in [0, 0.05) is 28.7 Å². The number of hydrogen-bond acceptors (Lipinski definition) is 2. The largest absolute Gasteiger partial charge is 0.265 e. The molecule has 0 fully saturated rings. The van der Waals surface area contributed by atoms with Crippen molar-refractivity contribution in [3.05, 3.63) is 194 Å². The number of nitrogens with zero attached hydrogens (tertiary/aromatic N) is 2. The normalized spacial score (nSPS) is 11.2. The Morgan fingerprint density at radius 3 is 1.22 bits per heavy atom. The minimum absolute atomic E-state index is 0.957. The molecule has 50 heavy (non-hydrogen) atoms. The lowest BCUT2D eigenvalue weighted by molar-refractivity contribution is 1.33. The van der Waals surface area contributed by atoms with Gasteiger partial charge in [0.15, 0.2) is 0 Å². The molecule has 0 N–H and O–H groups in total. The predicted octanol–water partition coefficient (Wildman–Crippen LogP) is 12.8. The van der Waals surface area contributed by atoms with Gasteiger partial charge in [-0.3, -0.25) is 4.98 Å². The summed E-state index contributed by atoms with van der Waals surface area (Å²) in [5.74, 6) is 0. The third-order valence-electron chi connectivity index (χ3n) is 9.62. The number of benzene rings is 7. The molecule has 0 spiro atoms. The summed E-state index contributed by atoms with van der Waals surface area (Å²) < 4.78 is 0. The van der Waals surface area contributed by atoms with Crippen molar-refractivity contribution in [3.63, 3.8) is 0 Å². The third kappa shape index (κ3) is 5.53. The van der Waals surface area contributed by atoms with Crippen LogP contribution in [0.25, 0.3) is 88.6 Å². The van der Waals surface area contributed by atoms with E-state index in [1.807, 2.05) is 24.5 Å². The van der Waals surface area contributed by atoms with Crippen LogP contribution in [0.4, 0.5) is 0 Å². The van der Waals surface area contributed by atoms with Gasteiger partial charge in [0.05, 0.1) is 11.2 Å². The van der Waals surface area contributed by atoms with Crippen LogP contribution in [0.2, 0.25) is 0 Å². The molecule has 9 aromatic rings. The van der Waals surface area contributed by atoms with Crippen LogP contribution in [0.15, 0.2) is 194 Å². The fraction of sp³-hybridized carbons (Fsp3) is 0. The van der Waals surface area contributed by atoms with Gasteiger partial charge in [0.1, 0.15) is 0 Å². The highest BCUT2D eigenvalue weighted by Gasteiger charge is 2.16. The van der Waals surface area contributed by atoms with Crippen molar-refractivity contribution in [3.8, 4) is 66.9 Å². The number of hydrogen-bond donors (Lipinski definition) is 0. The number of fused-ring (bicyclic) bond motifs is 3. The Morgan fingerprint density at radius 1 is 0.280 bits per heavy atom. The van der Waals surface area contributed by atoms with E-state index in [0.717, 1.165) is 44.2 Å². The molecule has 0 bridgehead atoms. The van der Waals surface area contributed by atoms with E-state index in [1.54, 1.807) is 0 Å². The van der Waals surface area contributed by atoms with Crippen molar-refractivity contribution in [2.24, 2.45) is 0 Å². The van der Waals surface area contributed by atoms with E-state index in [-0.39, 0.29) is 0 Å². The molecule has 0 atom stereocenters. The van der Waals surface area contributed by atoms with Gasteiger partial charge in [0.2, 0.25) is 0 Å². The lowest BCUT2D eigenvalue weighted by atomic mass is 9.90. The van der Waals surface area contributed by atoms with Crippen LogP contribution in [0.5, 0.6) is 0 Å². The Bertz CT molecular complexity index is 2580. The van der Waals surface area contributed by atoms with E-state index in [0.29, 0.717) is 0 Å². The van der Waals surface area contributed by atoms with E-state index < -0.39 is 0 Å². The quantitative estimate of drug-likeness (QED) is 0.170. The molecule has 0 aliphatic rings. The van der Waals surface area contributed by atoms with Crippen LogP contribution in [0, 0.1) is 0 Å². The van der Waals surface area contributed by atoms with E-state index in [4.69, 9.17) is 4.98 Å². The van der Waals surface area contributed by atoms with E-state index in [9.17, 15) is 0 Å². The maximum absolute atomic E-state index is 5.41. The molecule has 0 unspecified atom stereocenters. The van der Waals surface area contributed by atoms with Crippen molar-refractivity contribution in [2.75, 3.05) is 0 Å². The highest BCUT2D eigenvalue weighted by molar-refractivity contribution is 6.16. The van der Waals surface area contributed by atoms with Gasteiger partial charge in [-0.05, 0) is 85.3 Å². The molecule has 0 saturated carbocycles. The standard InChI is InChI=1S/C48H32N2/c1-3-9-33(10-4-1)35-15-23-40(24-16-35)45-32-47(41-25-19-36(20-26-41)34-11-5-2-6-12-34)50-48-43-14-8-7-13-42(43)44(31-46(45)48)39-21-17-37(18-22-39)38-27-29-49-30-28-38/h1-32H. The van der Waals surface area contributed by atoms with Crippen molar-refractivity contribution in [1.29, 1.82) is 0 Å². The zero-order valence-corrected chi connectivity index (χ0v) is 27.4. The molecule has 0 saturated heterocycles. The first-order chi connectivity index (χ1) is 24.8. The second kappa shape index (κ2) is 12.8. The van der Waals surface area contributed by atoms with Gasteiger partial charge in [0.25, 0.3) is 0 Å². The summed E-state index contributed by atoms with van der Waals surface area (Å²) in [6.07, 6.45) is 3.68. The smallest absolute Gasteiger partial charge is 0.0794 e. The molecule has 0 aliphatic heterocycles. The van der Waals surface area contributed by atoms with Crippen LogP contribution in [0.1, 0.15) is 0 Å². The predicted molar refractivity (Wildman–Crippen MR) is 210 cm³/mol. The molecule has 2 heteroatoms. The minimum atomic E-state index is 0.957. The summed E-state index contributed by atoms with van der Waals surface area (Å²) in [7, 11) is 0. The maximum atomic E-state index is 5.41. The Morgan fingerprint density at radius 2 is 0.680 bits per heavy atom. The average molecular weight is 637 g/mol. The molecule has 0 amide bonds. The second-order valence-electron chi connectivity index (χ2n) is 12.6. The SMILES string of the molecule is c1ccc(-c2ccc(-c3cc(-c4ccc(-c5ccccc5)cc4)c4cc(-c5ccc(-c6ccncc6)cc5)c5ccccc5c4n3)cc2)cc1. The molecular weight excluding hydrogens is 605 g/mol. The van der Waals surface area contributed by atoms with Gasteiger partial charge < -0.3 is 0 Å². The fourth-order valence-corrected chi connectivity index (χ4v) is 7.00. The lowest BCUT2D eigenvalue weighted by Crippen LogP contribution is -1.93. The summed E-state index contributed by atoms with van der Waals surface area (Å²) in [5.41, 5.74) is 14.9. The van der Waals surface area contributed by atoms with Crippen molar-refractivity contribution in [1.82, 2.24) is 9.97 Å². The summed E-state index contributed by atoms with van der Waals surface area (Å²) in [6, 6.07) is 65.0.